The van der Waals surface area contributed by atoms with Crippen LogP contribution in [0.15, 0.2) is 18.2 Å². The molecule has 0 unspecified atom stereocenters. The highest BCUT2D eigenvalue weighted by atomic mass is 32.2. The van der Waals surface area contributed by atoms with Crippen LogP contribution in [0, 0.1) is 0 Å². The summed E-state index contributed by atoms with van der Waals surface area (Å²) in [4.78, 5) is 3.11. The number of phenols is 1. The molecule has 0 radical (unpaired) electrons. The van der Waals surface area contributed by atoms with Crippen LogP contribution in [0.4, 0.5) is 0 Å². The Morgan fingerprint density at radius 3 is 2.94 bits per heavy atom. The number of fused-ring (bicyclic) bond motifs is 3. The second-order valence-corrected chi connectivity index (χ2v) is 6.31. The molecule has 0 fully saturated rings. The van der Waals surface area contributed by atoms with Crippen molar-refractivity contribution in [3.63, 3.8) is 0 Å². The highest BCUT2D eigenvalue weighted by molar-refractivity contribution is 7.90. The molecule has 3 rings (SSSR count). The molecule has 0 bridgehead atoms. The number of hydrogen-bond donors (Lipinski definition) is 2. The van der Waals surface area contributed by atoms with Crippen LogP contribution in [0.3, 0.4) is 0 Å². The van der Waals surface area contributed by atoms with Crippen LogP contribution in [0.25, 0.3) is 10.9 Å². The van der Waals surface area contributed by atoms with Crippen LogP contribution in [0.5, 0.6) is 5.75 Å². The molecule has 0 atom stereocenters. The molecular weight excluding hydrogens is 226 g/mol. The maximum Gasteiger partial charge on any atom is 0.154 e. The minimum atomic E-state index is -2.97. The SMILES string of the molecule is O=S1(=O)CCc2[nH]c3c(O)cccc3c2C1. The van der Waals surface area contributed by atoms with Crippen LogP contribution < -0.4 is 0 Å². The number of rotatable bonds is 0. The number of H-pyrrole nitrogens is 1. The number of aromatic amines is 1. The molecule has 0 aliphatic carbocycles. The first-order valence-electron chi connectivity index (χ1n) is 5.09. The van der Waals surface area contributed by atoms with Crippen LogP contribution in [-0.2, 0) is 22.0 Å². The Morgan fingerprint density at radius 2 is 2.12 bits per heavy atom. The molecule has 2 aromatic rings. The summed E-state index contributed by atoms with van der Waals surface area (Å²) >= 11 is 0. The lowest BCUT2D eigenvalue weighted by molar-refractivity contribution is 0.480. The molecule has 84 valence electrons. The van der Waals surface area contributed by atoms with Gasteiger partial charge in [0.25, 0.3) is 0 Å². The average molecular weight is 237 g/mol. The van der Waals surface area contributed by atoms with E-state index in [1.807, 2.05) is 6.07 Å². The van der Waals surface area contributed by atoms with E-state index in [1.54, 1.807) is 12.1 Å². The van der Waals surface area contributed by atoms with Gasteiger partial charge in [0.2, 0.25) is 0 Å². The first kappa shape index (κ1) is 9.72. The number of aromatic nitrogens is 1. The number of sulfone groups is 1. The van der Waals surface area contributed by atoms with Gasteiger partial charge >= 0.3 is 0 Å². The van der Waals surface area contributed by atoms with Crippen LogP contribution in [0.1, 0.15) is 11.3 Å². The van der Waals surface area contributed by atoms with E-state index < -0.39 is 9.84 Å². The Morgan fingerprint density at radius 1 is 1.31 bits per heavy atom. The van der Waals surface area contributed by atoms with E-state index in [0.717, 1.165) is 16.6 Å². The van der Waals surface area contributed by atoms with Gasteiger partial charge in [0.1, 0.15) is 5.75 Å². The number of aryl methyl sites for hydroxylation is 1. The van der Waals surface area contributed by atoms with Gasteiger partial charge < -0.3 is 10.1 Å². The van der Waals surface area contributed by atoms with Crippen LogP contribution in [-0.4, -0.2) is 24.3 Å². The zero-order valence-electron chi connectivity index (χ0n) is 8.53. The first-order valence-corrected chi connectivity index (χ1v) is 6.91. The fourth-order valence-electron chi connectivity index (χ4n) is 2.24. The minimum absolute atomic E-state index is 0.0752. The second kappa shape index (κ2) is 3.01. The van der Waals surface area contributed by atoms with Gasteiger partial charge in [-0.25, -0.2) is 8.42 Å². The van der Waals surface area contributed by atoms with E-state index in [9.17, 15) is 13.5 Å². The van der Waals surface area contributed by atoms with Crippen LogP contribution in [0.2, 0.25) is 0 Å². The summed E-state index contributed by atoms with van der Waals surface area (Å²) < 4.78 is 23.1. The van der Waals surface area contributed by atoms with Crippen LogP contribution >= 0.6 is 0 Å². The summed E-state index contributed by atoms with van der Waals surface area (Å²) in [7, 11) is -2.97. The molecular formula is C11H11NO3S. The Hall–Kier alpha value is -1.49. The largest absolute Gasteiger partial charge is 0.506 e. The lowest BCUT2D eigenvalue weighted by Gasteiger charge is -2.11. The van der Waals surface area contributed by atoms with Gasteiger partial charge in [0, 0.05) is 17.5 Å². The molecule has 1 aliphatic heterocycles. The molecule has 1 aromatic heterocycles. The molecule has 5 heteroatoms. The zero-order valence-corrected chi connectivity index (χ0v) is 9.34. The predicted octanol–water partition coefficient (Wildman–Crippen LogP) is 1.34. The number of aromatic hydroxyl groups is 1. The fourth-order valence-corrected chi connectivity index (χ4v) is 3.67. The highest BCUT2D eigenvalue weighted by Crippen LogP contribution is 2.32. The van der Waals surface area contributed by atoms with Gasteiger partial charge in [-0.15, -0.1) is 0 Å². The third kappa shape index (κ3) is 1.31. The predicted molar refractivity (Wildman–Crippen MR) is 61.2 cm³/mol. The fraction of sp³-hybridized carbons (Fsp3) is 0.273. The van der Waals surface area contributed by atoms with Crippen molar-refractivity contribution in [2.75, 3.05) is 5.75 Å². The van der Waals surface area contributed by atoms with Gasteiger partial charge in [-0.3, -0.25) is 0 Å². The van der Waals surface area contributed by atoms with Gasteiger partial charge in [-0.05, 0) is 11.6 Å². The smallest absolute Gasteiger partial charge is 0.154 e. The van der Waals surface area contributed by atoms with E-state index in [2.05, 4.69) is 4.98 Å². The third-order valence-electron chi connectivity index (χ3n) is 3.04. The summed E-state index contributed by atoms with van der Waals surface area (Å²) in [5.74, 6) is 0.434. The van der Waals surface area contributed by atoms with E-state index in [4.69, 9.17) is 0 Å². The summed E-state index contributed by atoms with van der Waals surface area (Å²) in [6.07, 6.45) is 0.506. The Bertz CT molecular complexity index is 670. The van der Waals surface area contributed by atoms with E-state index in [1.165, 1.54) is 0 Å². The molecule has 0 spiro atoms. The number of benzene rings is 1. The maximum absolute atomic E-state index is 11.6. The average Bonchev–Trinajstić information content (AvgIpc) is 2.57. The van der Waals surface area contributed by atoms with E-state index >= 15 is 0 Å². The number of phenolic OH excluding ortho intramolecular Hbond substituents is 1. The van der Waals surface area contributed by atoms with Gasteiger partial charge in [-0.2, -0.15) is 0 Å². The standard InChI is InChI=1S/C11H11NO3S/c13-10-3-1-2-7-8-6-16(14,15)5-4-9(8)12-11(7)10/h1-3,12-13H,4-6H2. The van der Waals surface area contributed by atoms with Gasteiger partial charge in [0.15, 0.2) is 9.84 Å². The summed E-state index contributed by atoms with van der Waals surface area (Å²) in [6.45, 7) is 0. The normalized spacial score (nSPS) is 18.5. The Labute approximate surface area is 92.8 Å². The number of para-hydroxylation sites is 1. The summed E-state index contributed by atoms with van der Waals surface area (Å²) in [6, 6.07) is 5.16. The molecule has 2 N–H and O–H groups in total. The monoisotopic (exact) mass is 237 g/mol. The lowest BCUT2D eigenvalue weighted by atomic mass is 10.1. The molecule has 1 aliphatic rings. The quantitative estimate of drug-likeness (QED) is 0.726. The molecule has 0 amide bonds. The van der Waals surface area contributed by atoms with E-state index in [0.29, 0.717) is 11.9 Å². The van der Waals surface area contributed by atoms with Crippen molar-refractivity contribution in [3.05, 3.63) is 29.5 Å². The number of nitrogens with one attached hydrogen (secondary N) is 1. The van der Waals surface area contributed by atoms with Crippen molar-refractivity contribution < 1.29 is 13.5 Å². The summed E-state index contributed by atoms with van der Waals surface area (Å²) in [5.41, 5.74) is 2.40. The van der Waals surface area contributed by atoms with Crippen molar-refractivity contribution in [3.8, 4) is 5.75 Å². The highest BCUT2D eigenvalue weighted by Gasteiger charge is 2.25. The molecule has 0 saturated heterocycles. The lowest BCUT2D eigenvalue weighted by Crippen LogP contribution is -2.18. The van der Waals surface area contributed by atoms with Gasteiger partial charge in [0.05, 0.1) is 17.0 Å². The number of hydrogen-bond acceptors (Lipinski definition) is 3. The third-order valence-corrected chi connectivity index (χ3v) is 4.59. The zero-order chi connectivity index (χ0) is 11.3. The molecule has 2 heterocycles. The van der Waals surface area contributed by atoms with Gasteiger partial charge in [-0.1, -0.05) is 12.1 Å². The summed E-state index contributed by atoms with van der Waals surface area (Å²) in [5, 5.41) is 10.5. The van der Waals surface area contributed by atoms with E-state index in [-0.39, 0.29) is 17.3 Å². The van der Waals surface area contributed by atoms with Crippen molar-refractivity contribution in [1.82, 2.24) is 4.98 Å². The molecule has 4 nitrogen and oxygen atoms in total. The van der Waals surface area contributed by atoms with Crippen molar-refractivity contribution >= 4 is 20.7 Å². The molecule has 1 aromatic carbocycles. The van der Waals surface area contributed by atoms with Crippen molar-refractivity contribution in [2.45, 2.75) is 12.2 Å². The minimum Gasteiger partial charge on any atom is -0.506 e. The Balaban J connectivity index is 2.34. The van der Waals surface area contributed by atoms with Crippen molar-refractivity contribution in [2.24, 2.45) is 0 Å². The topological polar surface area (TPSA) is 70.2 Å². The first-order chi connectivity index (χ1) is 7.57. The maximum atomic E-state index is 11.6. The van der Waals surface area contributed by atoms with Crippen molar-refractivity contribution in [1.29, 1.82) is 0 Å². The molecule has 0 saturated carbocycles. The second-order valence-electron chi connectivity index (χ2n) is 4.12. The Kier molecular flexibility index (Phi) is 1.83. The molecule has 16 heavy (non-hydrogen) atoms.